The largest absolute Gasteiger partial charge is 0.497 e. The molecule has 2 aliphatic carbocycles. The Kier molecular flexibility index (Phi) is 16.5. The molecule has 0 spiro atoms. The minimum Gasteiger partial charge on any atom is -0.497 e. The number of nitroso groups, excluding NO2 is 1. The average molecular weight is 790 g/mol. The first-order chi connectivity index (χ1) is 27.1. The Hall–Kier alpha value is -5.69. The van der Waals surface area contributed by atoms with Gasteiger partial charge in [0.1, 0.15) is 11.8 Å². The maximum atomic E-state index is 13.5. The molecule has 2 aromatic carbocycles. The summed E-state index contributed by atoms with van der Waals surface area (Å²) in [5.74, 6) is 1.29. The van der Waals surface area contributed by atoms with Crippen molar-refractivity contribution in [1.29, 1.82) is 0 Å². The van der Waals surface area contributed by atoms with E-state index in [4.69, 9.17) is 9.47 Å². The van der Waals surface area contributed by atoms with Crippen LogP contribution in [0.2, 0.25) is 0 Å². The second-order valence-corrected chi connectivity index (χ2v) is 15.6. The molecule has 3 N–H and O–H groups in total. The summed E-state index contributed by atoms with van der Waals surface area (Å²) in [4.78, 5) is 58.9. The zero-order valence-corrected chi connectivity index (χ0v) is 32.7. The molecule has 300 valence electrons. The number of hydrogen-bond acceptors (Lipinski definition) is 10. The fourth-order valence-electron chi connectivity index (χ4n) is 6.32. The number of ether oxygens (including phenoxy) is 2. The lowest BCUT2D eigenvalue weighted by molar-refractivity contribution is -0.125. The first-order valence-corrected chi connectivity index (χ1v) is 20.2. The van der Waals surface area contributed by atoms with Gasteiger partial charge in [-0.05, 0) is 75.0 Å². The molecule has 0 unspecified atom stereocenters. The first-order valence-electron chi connectivity index (χ1n) is 18.6. The van der Waals surface area contributed by atoms with Crippen molar-refractivity contribution in [3.63, 3.8) is 0 Å². The van der Waals surface area contributed by atoms with E-state index in [-0.39, 0.29) is 40.8 Å². The summed E-state index contributed by atoms with van der Waals surface area (Å²) in [7, 11) is -0.249. The van der Waals surface area contributed by atoms with Gasteiger partial charge in [-0.3, -0.25) is 14.6 Å². The van der Waals surface area contributed by atoms with Gasteiger partial charge in [0.15, 0.2) is 0 Å². The number of methoxy groups -OCH3 is 2. The number of benzene rings is 2. The number of allylic oxidation sites excluding steroid dienone is 1. The number of urea groups is 1. The van der Waals surface area contributed by atoms with Gasteiger partial charge in [0.2, 0.25) is 5.91 Å². The number of aromatic amines is 1. The predicted octanol–water partition coefficient (Wildman–Crippen LogP) is 5.16. The molecule has 1 saturated heterocycles. The number of fused-ring (bicyclic) bond motifs is 2. The van der Waals surface area contributed by atoms with Gasteiger partial charge < -0.3 is 24.6 Å². The normalized spacial score (nSPS) is 21.1. The van der Waals surface area contributed by atoms with E-state index in [9.17, 15) is 27.7 Å². The SMILES string of the molecule is C#C.COc1ccc(CN2CCCCC/C=C\[C@@H]3C[C@H]3NC(=O)[C@@H]3CCCN3C2=O)cc1.COc1nc(-c2ccccc2)cc(=O)[nH]1.O=NNS(=O)(=O)C1CC1. The molecule has 3 atom stereocenters. The van der Waals surface area contributed by atoms with Crippen molar-refractivity contribution in [3.8, 4) is 35.9 Å². The lowest BCUT2D eigenvalue weighted by atomic mass is 10.1. The van der Waals surface area contributed by atoms with Crippen LogP contribution in [0.15, 0.2) is 82.9 Å². The number of carbonyl (C=O) groups is 2. The van der Waals surface area contributed by atoms with Crippen LogP contribution >= 0.6 is 0 Å². The maximum absolute atomic E-state index is 13.5. The van der Waals surface area contributed by atoms with Crippen molar-refractivity contribution in [2.45, 2.75) is 81.7 Å². The van der Waals surface area contributed by atoms with Crippen molar-refractivity contribution in [2.75, 3.05) is 27.3 Å². The minimum atomic E-state index is -3.37. The highest BCUT2D eigenvalue weighted by Gasteiger charge is 2.41. The van der Waals surface area contributed by atoms with Gasteiger partial charge in [0.25, 0.3) is 21.6 Å². The predicted molar refractivity (Wildman–Crippen MR) is 214 cm³/mol. The lowest BCUT2D eigenvalue weighted by Gasteiger charge is -2.31. The minimum absolute atomic E-state index is 0.0104. The molecule has 0 radical (unpaired) electrons. The first kappa shape index (κ1) is 43.0. The van der Waals surface area contributed by atoms with Crippen LogP contribution in [0.1, 0.15) is 63.4 Å². The van der Waals surface area contributed by atoms with E-state index in [0.29, 0.717) is 44.1 Å². The molecular formula is C40H51N7O8S. The number of nitrogens with zero attached hydrogens (tertiary/aromatic N) is 4. The third-order valence-electron chi connectivity index (χ3n) is 9.56. The molecule has 56 heavy (non-hydrogen) atoms. The molecule has 4 aliphatic rings. The third kappa shape index (κ3) is 13.0. The Bertz CT molecular complexity index is 1950. The van der Waals surface area contributed by atoms with Gasteiger partial charge in [-0.15, -0.1) is 17.8 Å². The summed E-state index contributed by atoms with van der Waals surface area (Å²) in [5.41, 5.74) is 2.35. The van der Waals surface area contributed by atoms with Crippen LogP contribution in [0.4, 0.5) is 4.79 Å². The molecule has 15 nitrogen and oxygen atoms in total. The standard InChI is InChI=1S/C24H33N3O3.C11H10N2O2.C3H6N2O3S.C2H2/c1-30-20-12-10-18(11-13-20)17-26-14-6-4-2-3-5-8-19-16-21(19)25-23(28)22-9-7-15-27(22)24(26)29;1-15-11-12-9(7-10(14)13-11)8-5-3-2-4-6-8;6-4-5-9(7,8)3-1-2-3;1-2/h5,8,10-13,19,21-22H,2-4,6-7,9,14-17H2,1H3,(H,25,28);2-7H,1H3,(H,12,13,14);3H,1-2H2,(H,5,6);1-2H/b8-5-;;;/t19-,21-,22+;;;/m1.../s1. The van der Waals surface area contributed by atoms with E-state index in [1.54, 1.807) is 12.0 Å². The second-order valence-electron chi connectivity index (χ2n) is 13.6. The highest BCUT2D eigenvalue weighted by atomic mass is 32.2. The second kappa shape index (κ2) is 21.4. The van der Waals surface area contributed by atoms with Crippen molar-refractivity contribution in [1.82, 2.24) is 29.9 Å². The highest BCUT2D eigenvalue weighted by Crippen LogP contribution is 2.33. The molecule has 3 amide bonds. The quantitative estimate of drug-likeness (QED) is 0.120. The number of carbonyl (C=O) groups excluding carboxylic acids is 2. The van der Waals surface area contributed by atoms with Gasteiger partial charge in [-0.2, -0.15) is 9.82 Å². The Morgan fingerprint density at radius 1 is 0.929 bits per heavy atom. The monoisotopic (exact) mass is 789 g/mol. The van der Waals surface area contributed by atoms with Crippen LogP contribution in [0, 0.1) is 23.7 Å². The Morgan fingerprint density at radius 3 is 2.32 bits per heavy atom. The van der Waals surface area contributed by atoms with Gasteiger partial charge in [0.05, 0.1) is 30.4 Å². The summed E-state index contributed by atoms with van der Waals surface area (Å²) < 4.78 is 31.3. The third-order valence-corrected chi connectivity index (χ3v) is 11.2. The summed E-state index contributed by atoms with van der Waals surface area (Å²) in [6.45, 7) is 1.92. The van der Waals surface area contributed by atoms with Crippen LogP contribution in [0.3, 0.4) is 0 Å². The number of aromatic nitrogens is 2. The van der Waals surface area contributed by atoms with Crippen molar-refractivity contribution >= 4 is 22.0 Å². The molecule has 3 aromatic rings. The van der Waals surface area contributed by atoms with Crippen LogP contribution in [0.5, 0.6) is 11.8 Å². The van der Waals surface area contributed by atoms with E-state index in [2.05, 4.69) is 45.6 Å². The molecule has 7 rings (SSSR count). The molecular weight excluding hydrogens is 739 g/mol. The van der Waals surface area contributed by atoms with Crippen molar-refractivity contribution in [2.24, 2.45) is 11.2 Å². The number of hydrogen-bond donors (Lipinski definition) is 3. The van der Waals surface area contributed by atoms with E-state index in [1.165, 1.54) is 18.0 Å². The zero-order valence-electron chi connectivity index (χ0n) is 31.8. The molecule has 3 heterocycles. The number of terminal acetylenes is 1. The van der Waals surface area contributed by atoms with E-state index >= 15 is 0 Å². The van der Waals surface area contributed by atoms with Gasteiger partial charge >= 0.3 is 6.03 Å². The van der Waals surface area contributed by atoms with E-state index < -0.39 is 10.0 Å². The Balaban J connectivity index is 0.000000221. The Labute approximate surface area is 328 Å². The number of H-pyrrole nitrogens is 1. The molecule has 0 bridgehead atoms. The summed E-state index contributed by atoms with van der Waals surface area (Å²) in [6, 6.07) is 18.9. The molecule has 2 saturated carbocycles. The Morgan fingerprint density at radius 2 is 1.66 bits per heavy atom. The van der Waals surface area contributed by atoms with E-state index in [1.807, 2.05) is 59.5 Å². The molecule has 2 aliphatic heterocycles. The summed E-state index contributed by atoms with van der Waals surface area (Å²) in [6.07, 6.45) is 20.8. The molecule has 1 aromatic heterocycles. The fourth-order valence-corrected chi connectivity index (χ4v) is 7.33. The summed E-state index contributed by atoms with van der Waals surface area (Å²) in [5, 5.41) is 4.89. The average Bonchev–Trinajstić information content (AvgIpc) is 4.15. The van der Waals surface area contributed by atoms with Crippen LogP contribution in [-0.2, 0) is 21.4 Å². The smallest absolute Gasteiger partial charge is 0.320 e. The van der Waals surface area contributed by atoms with Crippen molar-refractivity contribution in [3.05, 3.63) is 93.6 Å². The topological polar surface area (TPSA) is 192 Å². The maximum Gasteiger partial charge on any atom is 0.320 e. The zero-order chi connectivity index (χ0) is 40.5. The lowest BCUT2D eigenvalue weighted by Crippen LogP contribution is -2.51. The number of rotatable bonds is 8. The molecule has 3 fully saturated rings. The van der Waals surface area contributed by atoms with Gasteiger partial charge in [-0.1, -0.05) is 61.0 Å². The van der Waals surface area contributed by atoms with Crippen LogP contribution in [-0.4, -0.2) is 84.8 Å². The fraction of sp³-hybridized carbons (Fsp3) is 0.450. The van der Waals surface area contributed by atoms with Crippen molar-refractivity contribution < 1.29 is 27.5 Å². The highest BCUT2D eigenvalue weighted by molar-refractivity contribution is 7.90. The number of amides is 3. The van der Waals surface area contributed by atoms with Crippen LogP contribution in [0.25, 0.3) is 11.3 Å². The van der Waals surface area contributed by atoms with Crippen LogP contribution < -0.4 is 25.2 Å². The molecule has 16 heteroatoms. The summed E-state index contributed by atoms with van der Waals surface area (Å²) >= 11 is 0. The number of sulfonamides is 1. The number of nitrogens with one attached hydrogen (secondary N) is 3. The van der Waals surface area contributed by atoms with Gasteiger partial charge in [0, 0.05) is 37.3 Å². The van der Waals surface area contributed by atoms with E-state index in [0.717, 1.165) is 61.8 Å². The van der Waals surface area contributed by atoms with Gasteiger partial charge in [-0.25, -0.2) is 13.2 Å².